The molecular formula is C22H19N3O. The fourth-order valence-corrected chi connectivity index (χ4v) is 3.55. The lowest BCUT2D eigenvalue weighted by Crippen LogP contribution is -2.25. The number of carbonyl (C=O) groups is 1. The molecule has 1 N–H and O–H groups in total. The van der Waals surface area contributed by atoms with Crippen LogP contribution in [0.25, 0.3) is 0 Å². The minimum atomic E-state index is -0.265. The number of nitrogens with zero attached hydrogens (tertiary/aromatic N) is 2. The van der Waals surface area contributed by atoms with Gasteiger partial charge in [0.25, 0.3) is 0 Å². The molecule has 1 heterocycles. The van der Waals surface area contributed by atoms with Crippen molar-refractivity contribution in [3.8, 4) is 0 Å². The summed E-state index contributed by atoms with van der Waals surface area (Å²) in [7, 11) is 0. The Hall–Kier alpha value is -3.27. The number of amides is 1. The molecule has 0 bridgehead atoms. The minimum absolute atomic E-state index is 0.0528. The number of carbonyl (C=O) groups excluding carboxylic acids is 1. The van der Waals surface area contributed by atoms with E-state index in [9.17, 15) is 4.79 Å². The van der Waals surface area contributed by atoms with E-state index in [0.717, 1.165) is 12.0 Å². The number of hydrogen-bond acceptors (Lipinski definition) is 3. The van der Waals surface area contributed by atoms with Gasteiger partial charge in [0.2, 0.25) is 5.91 Å². The molecule has 128 valence electrons. The Bertz CT molecular complexity index is 868. The van der Waals surface area contributed by atoms with Crippen molar-refractivity contribution >= 4 is 12.1 Å². The van der Waals surface area contributed by atoms with Crippen LogP contribution in [0.15, 0.2) is 90.3 Å². The van der Waals surface area contributed by atoms with E-state index < -0.39 is 0 Å². The first-order valence-corrected chi connectivity index (χ1v) is 8.65. The van der Waals surface area contributed by atoms with Crippen molar-refractivity contribution in [2.45, 2.75) is 11.8 Å². The van der Waals surface area contributed by atoms with E-state index in [0.29, 0.717) is 0 Å². The van der Waals surface area contributed by atoms with Gasteiger partial charge < -0.3 is 0 Å². The molecule has 3 aromatic rings. The summed E-state index contributed by atoms with van der Waals surface area (Å²) in [6, 6.07) is 24.2. The molecule has 4 rings (SSSR count). The predicted octanol–water partition coefficient (Wildman–Crippen LogP) is 3.54. The van der Waals surface area contributed by atoms with Gasteiger partial charge in [-0.1, -0.05) is 60.7 Å². The molecule has 0 unspecified atom stereocenters. The quantitative estimate of drug-likeness (QED) is 0.570. The number of nitrogens with one attached hydrogen (secondary N) is 1. The number of pyridine rings is 1. The molecule has 0 saturated heterocycles. The third-order valence-electron chi connectivity index (χ3n) is 4.95. The van der Waals surface area contributed by atoms with Crippen LogP contribution in [0.5, 0.6) is 0 Å². The average Bonchev–Trinajstić information content (AvgIpc) is 3.47. The molecule has 4 nitrogen and oxygen atoms in total. The van der Waals surface area contributed by atoms with Crippen molar-refractivity contribution in [3.05, 3.63) is 102 Å². The van der Waals surface area contributed by atoms with Crippen LogP contribution < -0.4 is 5.43 Å². The first-order chi connectivity index (χ1) is 12.8. The molecule has 0 radical (unpaired) electrons. The first-order valence-electron chi connectivity index (χ1n) is 8.65. The highest BCUT2D eigenvalue weighted by molar-refractivity contribution is 5.87. The van der Waals surface area contributed by atoms with Gasteiger partial charge in [0.05, 0.1) is 12.1 Å². The van der Waals surface area contributed by atoms with Crippen molar-refractivity contribution in [3.63, 3.8) is 0 Å². The summed E-state index contributed by atoms with van der Waals surface area (Å²) in [5.41, 5.74) is 5.67. The summed E-state index contributed by atoms with van der Waals surface area (Å²) in [6.45, 7) is 0. The molecule has 26 heavy (non-hydrogen) atoms. The van der Waals surface area contributed by atoms with Crippen molar-refractivity contribution < 1.29 is 4.79 Å². The highest BCUT2D eigenvalue weighted by Crippen LogP contribution is 2.58. The maximum Gasteiger partial charge on any atom is 0.244 e. The van der Waals surface area contributed by atoms with E-state index in [2.05, 4.69) is 39.8 Å². The summed E-state index contributed by atoms with van der Waals surface area (Å²) in [5, 5.41) is 4.10. The topological polar surface area (TPSA) is 54.4 Å². The van der Waals surface area contributed by atoms with Gasteiger partial charge in [-0.25, -0.2) is 5.43 Å². The molecule has 1 aliphatic carbocycles. The standard InChI is InChI=1S/C22H19N3O/c26-21(25-24-16-17-11-13-23-14-12-17)20-15-22(20,18-7-3-1-4-8-18)19-9-5-2-6-10-19/h1-14,16,20H,15H2,(H,25,26)/t20-/m0/s1. The zero-order valence-corrected chi connectivity index (χ0v) is 14.2. The number of hydrogen-bond donors (Lipinski definition) is 1. The van der Waals surface area contributed by atoms with Gasteiger partial charge in [0.15, 0.2) is 0 Å². The van der Waals surface area contributed by atoms with Crippen LogP contribution >= 0.6 is 0 Å². The molecule has 2 aromatic carbocycles. The van der Waals surface area contributed by atoms with Gasteiger partial charge in [-0.2, -0.15) is 5.10 Å². The molecule has 1 atom stereocenters. The summed E-state index contributed by atoms with van der Waals surface area (Å²) < 4.78 is 0. The van der Waals surface area contributed by atoms with Crippen LogP contribution in [0.1, 0.15) is 23.1 Å². The van der Waals surface area contributed by atoms with E-state index in [4.69, 9.17) is 0 Å². The third-order valence-corrected chi connectivity index (χ3v) is 4.95. The zero-order chi connectivity index (χ0) is 17.8. The molecule has 1 aromatic heterocycles. The van der Waals surface area contributed by atoms with E-state index in [1.54, 1.807) is 18.6 Å². The minimum Gasteiger partial charge on any atom is -0.273 e. The highest BCUT2D eigenvalue weighted by atomic mass is 16.2. The largest absolute Gasteiger partial charge is 0.273 e. The Morgan fingerprint density at radius 1 is 0.962 bits per heavy atom. The molecule has 1 aliphatic rings. The smallest absolute Gasteiger partial charge is 0.244 e. The van der Waals surface area contributed by atoms with Crippen LogP contribution in [0.2, 0.25) is 0 Å². The second kappa shape index (κ2) is 6.92. The SMILES string of the molecule is O=C(NN=Cc1ccncc1)[C@@H]1CC1(c1ccccc1)c1ccccc1. The molecule has 1 fully saturated rings. The second-order valence-electron chi connectivity index (χ2n) is 6.47. The summed E-state index contributed by atoms with van der Waals surface area (Å²) in [4.78, 5) is 16.7. The monoisotopic (exact) mass is 341 g/mol. The number of aromatic nitrogens is 1. The van der Waals surface area contributed by atoms with E-state index in [-0.39, 0.29) is 17.2 Å². The van der Waals surface area contributed by atoms with Gasteiger partial charge in [0.1, 0.15) is 0 Å². The fraction of sp³-hybridized carbons (Fsp3) is 0.136. The second-order valence-corrected chi connectivity index (χ2v) is 6.47. The molecular weight excluding hydrogens is 322 g/mol. The van der Waals surface area contributed by atoms with Crippen LogP contribution in [0.3, 0.4) is 0 Å². The molecule has 1 saturated carbocycles. The van der Waals surface area contributed by atoms with Crippen molar-refractivity contribution in [1.29, 1.82) is 0 Å². The Morgan fingerprint density at radius 2 is 1.54 bits per heavy atom. The van der Waals surface area contributed by atoms with Gasteiger partial charge in [-0.3, -0.25) is 9.78 Å². The maximum absolute atomic E-state index is 12.7. The lowest BCUT2D eigenvalue weighted by atomic mass is 9.85. The van der Waals surface area contributed by atoms with Crippen LogP contribution in [0, 0.1) is 5.92 Å². The number of rotatable bonds is 5. The summed E-state index contributed by atoms with van der Waals surface area (Å²) in [5.74, 6) is -0.176. The third kappa shape index (κ3) is 3.02. The molecule has 4 heteroatoms. The van der Waals surface area contributed by atoms with Crippen LogP contribution in [0.4, 0.5) is 0 Å². The van der Waals surface area contributed by atoms with Gasteiger partial charge in [-0.15, -0.1) is 0 Å². The Labute approximate surface area is 152 Å². The van der Waals surface area contributed by atoms with E-state index >= 15 is 0 Å². The molecule has 0 spiro atoms. The van der Waals surface area contributed by atoms with Gasteiger partial charge >= 0.3 is 0 Å². The van der Waals surface area contributed by atoms with E-state index in [1.165, 1.54) is 11.1 Å². The van der Waals surface area contributed by atoms with Crippen LogP contribution in [-0.4, -0.2) is 17.1 Å². The number of hydrazone groups is 1. The van der Waals surface area contributed by atoms with Gasteiger partial charge in [0, 0.05) is 17.8 Å². The zero-order valence-electron chi connectivity index (χ0n) is 14.2. The Kier molecular flexibility index (Phi) is 4.32. The predicted molar refractivity (Wildman–Crippen MR) is 102 cm³/mol. The van der Waals surface area contributed by atoms with Crippen LogP contribution in [-0.2, 0) is 10.2 Å². The lowest BCUT2D eigenvalue weighted by Gasteiger charge is -2.18. The van der Waals surface area contributed by atoms with E-state index in [1.807, 2.05) is 48.5 Å². The van der Waals surface area contributed by atoms with Gasteiger partial charge in [-0.05, 0) is 35.2 Å². The highest BCUT2D eigenvalue weighted by Gasteiger charge is 2.60. The normalized spacial score (nSPS) is 17.8. The van der Waals surface area contributed by atoms with Crippen molar-refractivity contribution in [2.75, 3.05) is 0 Å². The lowest BCUT2D eigenvalue weighted by molar-refractivity contribution is -0.122. The molecule has 0 aliphatic heterocycles. The van der Waals surface area contributed by atoms with Crippen molar-refractivity contribution in [1.82, 2.24) is 10.4 Å². The van der Waals surface area contributed by atoms with Crippen molar-refractivity contribution in [2.24, 2.45) is 11.0 Å². The summed E-state index contributed by atoms with van der Waals surface area (Å²) >= 11 is 0. The Morgan fingerprint density at radius 3 is 2.12 bits per heavy atom. The maximum atomic E-state index is 12.7. The summed E-state index contributed by atoms with van der Waals surface area (Å²) in [6.07, 6.45) is 5.81. The fourth-order valence-electron chi connectivity index (χ4n) is 3.55. The average molecular weight is 341 g/mol. The number of benzene rings is 2. The Balaban J connectivity index is 1.55. The first kappa shape index (κ1) is 16.2. The molecule has 1 amide bonds.